The first-order valence-corrected chi connectivity index (χ1v) is 11.6. The Morgan fingerprint density at radius 2 is 1.86 bits per heavy atom. The highest BCUT2D eigenvalue weighted by Gasteiger charge is 2.17. The molecule has 35 heavy (non-hydrogen) atoms. The van der Waals surface area contributed by atoms with Gasteiger partial charge in [0.1, 0.15) is 17.5 Å². The number of pyridine rings is 1. The van der Waals surface area contributed by atoms with Gasteiger partial charge in [-0.15, -0.1) is 0 Å². The second kappa shape index (κ2) is 10.3. The maximum Gasteiger partial charge on any atom is 0.248 e. The Bertz CT molecular complexity index is 1410. The van der Waals surface area contributed by atoms with Crippen molar-refractivity contribution in [3.63, 3.8) is 0 Å². The molecule has 4 aromatic rings. The highest BCUT2D eigenvalue weighted by atomic mass is 35.5. The molecule has 0 atom stereocenters. The highest BCUT2D eigenvalue weighted by molar-refractivity contribution is 6.35. The largest absolute Gasteiger partial charge is 0.379 e. The smallest absolute Gasteiger partial charge is 0.248 e. The van der Waals surface area contributed by atoms with Crippen LogP contribution in [-0.2, 0) is 13.0 Å². The van der Waals surface area contributed by atoms with Crippen molar-refractivity contribution in [3.8, 4) is 11.1 Å². The predicted octanol–water partition coefficient (Wildman–Crippen LogP) is 5.99. The van der Waals surface area contributed by atoms with Crippen molar-refractivity contribution < 1.29 is 13.6 Å². The van der Waals surface area contributed by atoms with Crippen LogP contribution in [-0.4, -0.2) is 20.9 Å². The molecule has 0 aliphatic carbocycles. The van der Waals surface area contributed by atoms with Crippen molar-refractivity contribution in [1.82, 2.24) is 15.0 Å². The lowest BCUT2D eigenvalue weighted by atomic mass is 10.0. The second-order valence-electron chi connectivity index (χ2n) is 8.25. The van der Waals surface area contributed by atoms with Crippen molar-refractivity contribution >= 4 is 34.1 Å². The normalized spacial score (nSPS) is 11.1. The molecule has 0 radical (unpaired) electrons. The lowest BCUT2D eigenvalue weighted by Gasteiger charge is -2.16. The summed E-state index contributed by atoms with van der Waals surface area (Å²) in [5.74, 6) is -0.916. The van der Waals surface area contributed by atoms with E-state index < -0.39 is 17.5 Å². The minimum absolute atomic E-state index is 0.0210. The maximum absolute atomic E-state index is 15.1. The first-order chi connectivity index (χ1) is 16.8. The summed E-state index contributed by atoms with van der Waals surface area (Å²) in [6.45, 7) is 3.82. The third kappa shape index (κ3) is 5.22. The Kier molecular flexibility index (Phi) is 7.21. The zero-order chi connectivity index (χ0) is 25.1. The highest BCUT2D eigenvalue weighted by Crippen LogP contribution is 2.36. The molecule has 2 heterocycles. The van der Waals surface area contributed by atoms with Crippen LogP contribution < -0.4 is 11.1 Å². The fraction of sp³-hybridized carbons (Fsp3) is 0.231. The van der Waals surface area contributed by atoms with E-state index in [0.29, 0.717) is 44.3 Å². The topological polar surface area (TPSA) is 93.8 Å². The Hall–Kier alpha value is -3.65. The molecule has 9 heteroatoms. The molecular weight excluding hydrogens is 472 g/mol. The number of aryl methyl sites for hydroxylation is 2. The molecule has 0 saturated heterocycles. The summed E-state index contributed by atoms with van der Waals surface area (Å²) >= 11 is 6.56. The molecule has 0 unspecified atom stereocenters. The number of unbranched alkanes of at least 4 members (excludes halogenated alkanes) is 1. The average Bonchev–Trinajstić information content (AvgIpc) is 2.84. The lowest BCUT2D eigenvalue weighted by molar-refractivity contribution is 0.1000. The van der Waals surface area contributed by atoms with E-state index in [0.717, 1.165) is 19.3 Å². The van der Waals surface area contributed by atoms with Crippen molar-refractivity contribution in [2.45, 2.75) is 39.7 Å². The van der Waals surface area contributed by atoms with Crippen LogP contribution in [0.15, 0.2) is 42.7 Å². The number of amides is 1. The predicted molar refractivity (Wildman–Crippen MR) is 133 cm³/mol. The number of aromatic nitrogens is 3. The van der Waals surface area contributed by atoms with Crippen LogP contribution in [0.5, 0.6) is 0 Å². The molecule has 0 bridgehead atoms. The van der Waals surface area contributed by atoms with Gasteiger partial charge in [0.05, 0.1) is 21.9 Å². The third-order valence-electron chi connectivity index (χ3n) is 5.74. The van der Waals surface area contributed by atoms with Gasteiger partial charge < -0.3 is 11.1 Å². The number of primary amides is 1. The van der Waals surface area contributed by atoms with Crippen molar-refractivity contribution in [2.24, 2.45) is 5.73 Å². The van der Waals surface area contributed by atoms with E-state index in [-0.39, 0.29) is 17.7 Å². The molecule has 3 N–H and O–H groups in total. The number of carbonyl (C=O) groups is 1. The van der Waals surface area contributed by atoms with Gasteiger partial charge in [-0.1, -0.05) is 24.9 Å². The molecule has 2 aromatic carbocycles. The van der Waals surface area contributed by atoms with E-state index in [2.05, 4.69) is 27.2 Å². The SMILES string of the molecule is CCCCc1ncc(-c2cc3c(NCc4cc(C(N)=O)ccc4F)c(Cl)c(C)nc3cc2F)cn1. The number of fused-ring (bicyclic) bond motifs is 1. The molecule has 0 aliphatic heterocycles. The van der Waals surface area contributed by atoms with Crippen LogP contribution in [0.4, 0.5) is 14.5 Å². The van der Waals surface area contributed by atoms with Crippen LogP contribution in [0, 0.1) is 18.6 Å². The molecular formula is C26H24ClF2N5O. The molecule has 180 valence electrons. The summed E-state index contributed by atoms with van der Waals surface area (Å²) in [5.41, 5.74) is 7.92. The number of hydrogen-bond acceptors (Lipinski definition) is 5. The Balaban J connectivity index is 1.74. The molecule has 0 fully saturated rings. The number of nitrogens with zero attached hydrogens (tertiary/aromatic N) is 3. The number of hydrogen-bond donors (Lipinski definition) is 2. The van der Waals surface area contributed by atoms with E-state index in [1.54, 1.807) is 25.4 Å². The van der Waals surface area contributed by atoms with Gasteiger partial charge in [0.2, 0.25) is 5.91 Å². The molecule has 1 amide bonds. The summed E-state index contributed by atoms with van der Waals surface area (Å²) in [5, 5.41) is 4.01. The maximum atomic E-state index is 15.1. The van der Waals surface area contributed by atoms with Crippen LogP contribution in [0.3, 0.4) is 0 Å². The van der Waals surface area contributed by atoms with Gasteiger partial charge in [0.15, 0.2) is 0 Å². The van der Waals surface area contributed by atoms with Crippen molar-refractivity contribution in [1.29, 1.82) is 0 Å². The van der Waals surface area contributed by atoms with E-state index in [1.807, 2.05) is 0 Å². The summed E-state index contributed by atoms with van der Waals surface area (Å²) in [6.07, 6.45) is 5.97. The van der Waals surface area contributed by atoms with Gasteiger partial charge >= 0.3 is 0 Å². The summed E-state index contributed by atoms with van der Waals surface area (Å²) in [6, 6.07) is 6.86. The molecule has 6 nitrogen and oxygen atoms in total. The van der Waals surface area contributed by atoms with Crippen LogP contribution >= 0.6 is 11.6 Å². The minimum Gasteiger partial charge on any atom is -0.379 e. The zero-order valence-corrected chi connectivity index (χ0v) is 20.1. The number of benzene rings is 2. The first-order valence-electron chi connectivity index (χ1n) is 11.2. The van der Waals surface area contributed by atoms with Gasteiger partial charge in [0.25, 0.3) is 0 Å². The number of halogens is 3. The van der Waals surface area contributed by atoms with E-state index in [4.69, 9.17) is 17.3 Å². The quantitative estimate of drug-likeness (QED) is 0.313. The zero-order valence-electron chi connectivity index (χ0n) is 19.3. The third-order valence-corrected chi connectivity index (χ3v) is 6.20. The van der Waals surface area contributed by atoms with Crippen molar-refractivity contribution in [2.75, 3.05) is 5.32 Å². The lowest BCUT2D eigenvalue weighted by Crippen LogP contribution is -2.12. The Morgan fingerprint density at radius 3 is 2.54 bits per heavy atom. The number of nitrogens with two attached hydrogens (primary N) is 1. The van der Waals surface area contributed by atoms with E-state index in [9.17, 15) is 9.18 Å². The number of anilines is 1. The summed E-state index contributed by atoms with van der Waals surface area (Å²) in [7, 11) is 0. The van der Waals surface area contributed by atoms with E-state index in [1.165, 1.54) is 24.3 Å². The number of rotatable bonds is 8. The average molecular weight is 496 g/mol. The second-order valence-corrected chi connectivity index (χ2v) is 8.63. The van der Waals surface area contributed by atoms with Crippen LogP contribution in [0.1, 0.15) is 47.2 Å². The fourth-order valence-corrected chi connectivity index (χ4v) is 3.99. The Labute approximate surface area is 206 Å². The monoisotopic (exact) mass is 495 g/mol. The molecule has 0 aliphatic rings. The standard InChI is InChI=1S/C26H24ClF2N5O/c1-3-4-5-23-31-12-17(13-32-23)18-9-19-22(10-21(18)29)34-14(2)24(27)25(19)33-11-16-8-15(26(30)35)6-7-20(16)28/h6-10,12-13H,3-5,11H2,1-2H3,(H2,30,35)(H,33,34). The molecule has 0 saturated carbocycles. The van der Waals surface area contributed by atoms with Gasteiger partial charge in [-0.2, -0.15) is 0 Å². The van der Waals surface area contributed by atoms with Crippen LogP contribution in [0.2, 0.25) is 5.02 Å². The minimum atomic E-state index is -0.655. The van der Waals surface area contributed by atoms with Crippen molar-refractivity contribution in [3.05, 3.63) is 82.0 Å². The molecule has 2 aromatic heterocycles. The summed E-state index contributed by atoms with van der Waals surface area (Å²) < 4.78 is 29.4. The number of nitrogens with one attached hydrogen (secondary N) is 1. The molecule has 4 rings (SSSR count). The number of carbonyl (C=O) groups excluding carboxylic acids is 1. The first kappa shape index (κ1) is 24.5. The van der Waals surface area contributed by atoms with E-state index >= 15 is 4.39 Å². The Morgan fingerprint density at radius 1 is 1.11 bits per heavy atom. The van der Waals surface area contributed by atoms with Gasteiger partial charge in [-0.05, 0) is 37.6 Å². The fourth-order valence-electron chi connectivity index (χ4n) is 3.78. The van der Waals surface area contributed by atoms with Gasteiger partial charge in [-0.3, -0.25) is 9.78 Å². The van der Waals surface area contributed by atoms with Crippen LogP contribution in [0.25, 0.3) is 22.0 Å². The van der Waals surface area contributed by atoms with Gasteiger partial charge in [0, 0.05) is 59.1 Å². The molecule has 0 spiro atoms. The summed E-state index contributed by atoms with van der Waals surface area (Å²) in [4.78, 5) is 24.6. The van der Waals surface area contributed by atoms with Gasteiger partial charge in [-0.25, -0.2) is 18.7 Å².